The summed E-state index contributed by atoms with van der Waals surface area (Å²) in [6, 6.07) is 6.56. The van der Waals surface area contributed by atoms with Crippen molar-refractivity contribution in [1.29, 1.82) is 0 Å². The largest absolute Gasteiger partial charge is 0.324 e. The van der Waals surface area contributed by atoms with Crippen LogP contribution in [0.5, 0.6) is 0 Å². The Morgan fingerprint density at radius 2 is 1.88 bits per heavy atom. The van der Waals surface area contributed by atoms with Gasteiger partial charge in [0, 0.05) is 38.8 Å². The molecule has 0 saturated heterocycles. The molecule has 0 fully saturated rings. The lowest BCUT2D eigenvalue weighted by molar-refractivity contribution is 0.446. The molecule has 0 bridgehead atoms. The highest BCUT2D eigenvalue weighted by molar-refractivity contribution is 7.89. The summed E-state index contributed by atoms with van der Waals surface area (Å²) >= 11 is 0. The Kier molecular flexibility index (Phi) is 7.30. The van der Waals surface area contributed by atoms with E-state index in [9.17, 15) is 13.2 Å². The second kappa shape index (κ2) is 9.79. The van der Waals surface area contributed by atoms with E-state index in [1.54, 1.807) is 42.0 Å². The number of hydrogen-bond donors (Lipinski definition) is 2. The zero-order chi connectivity index (χ0) is 23.5. The molecule has 0 aliphatic heterocycles. The molecule has 1 atom stereocenters. The van der Waals surface area contributed by atoms with E-state index in [0.717, 1.165) is 35.8 Å². The SMILES string of the molecule is CCCC(CC)n1c(=O)cc(C)c2cnc(Nc3ccc(S(=O)(=O)NCC)cc3C)nc21.[HH].[HH]. The third kappa shape index (κ3) is 4.83. The number of nitrogens with zero attached hydrogens (tertiary/aromatic N) is 3. The normalized spacial score (nSPS) is 12.8. The lowest BCUT2D eigenvalue weighted by Gasteiger charge is -2.20. The highest BCUT2D eigenvalue weighted by Crippen LogP contribution is 2.26. The van der Waals surface area contributed by atoms with Gasteiger partial charge in [-0.25, -0.2) is 18.1 Å². The van der Waals surface area contributed by atoms with E-state index < -0.39 is 10.0 Å². The van der Waals surface area contributed by atoms with Crippen LogP contribution in [0.4, 0.5) is 11.6 Å². The molecule has 32 heavy (non-hydrogen) atoms. The van der Waals surface area contributed by atoms with Crippen molar-refractivity contribution in [3.63, 3.8) is 0 Å². The number of fused-ring (bicyclic) bond motifs is 1. The van der Waals surface area contributed by atoms with Gasteiger partial charge in [-0.05, 0) is 56.0 Å². The summed E-state index contributed by atoms with van der Waals surface area (Å²) in [6.07, 6.45) is 4.42. The van der Waals surface area contributed by atoms with E-state index in [2.05, 4.69) is 28.9 Å². The topological polar surface area (TPSA) is 106 Å². The Morgan fingerprint density at radius 1 is 1.12 bits per heavy atom. The molecule has 2 aromatic heterocycles. The standard InChI is InChI=1S/C23H31N5O3S.2H2/c1-6-9-17(7-2)28-21(29)13-15(4)19-14-24-23(27-22(19)28)26-20-11-10-18(12-16(20)5)32(30,31)25-8-3;;/h10-14,17,25H,6-9H2,1-5H3,(H,24,26,27);2*1H. The molecule has 8 nitrogen and oxygen atoms in total. The molecule has 0 saturated carbocycles. The summed E-state index contributed by atoms with van der Waals surface area (Å²) in [6.45, 7) is 9.95. The monoisotopic (exact) mass is 461 g/mol. The molecule has 0 amide bonds. The van der Waals surface area contributed by atoms with Gasteiger partial charge in [-0.15, -0.1) is 0 Å². The number of aromatic nitrogens is 3. The zero-order valence-electron chi connectivity index (χ0n) is 19.3. The first-order valence-corrected chi connectivity index (χ1v) is 12.5. The van der Waals surface area contributed by atoms with Crippen molar-refractivity contribution in [3.05, 3.63) is 51.9 Å². The fraction of sp³-hybridized carbons (Fsp3) is 0.435. The summed E-state index contributed by atoms with van der Waals surface area (Å²) in [5.41, 5.74) is 2.83. The Hall–Kier alpha value is -2.78. The summed E-state index contributed by atoms with van der Waals surface area (Å²) in [7, 11) is -3.53. The predicted molar refractivity (Wildman–Crippen MR) is 132 cm³/mol. The summed E-state index contributed by atoms with van der Waals surface area (Å²) < 4.78 is 28.8. The first-order valence-electron chi connectivity index (χ1n) is 11.0. The van der Waals surface area contributed by atoms with Crippen molar-refractivity contribution in [1.82, 2.24) is 19.3 Å². The lowest BCUT2D eigenvalue weighted by atomic mass is 10.1. The van der Waals surface area contributed by atoms with E-state index in [-0.39, 0.29) is 19.3 Å². The molecule has 1 unspecified atom stereocenters. The second-order valence-electron chi connectivity index (χ2n) is 7.92. The number of nitrogens with one attached hydrogen (secondary N) is 2. The van der Waals surface area contributed by atoms with Gasteiger partial charge in [0.05, 0.1) is 4.90 Å². The van der Waals surface area contributed by atoms with Crippen LogP contribution in [0.3, 0.4) is 0 Å². The van der Waals surface area contributed by atoms with Crippen LogP contribution in [0.1, 0.15) is 60.1 Å². The predicted octanol–water partition coefficient (Wildman–Crippen LogP) is 4.69. The van der Waals surface area contributed by atoms with Crippen molar-refractivity contribution in [3.8, 4) is 0 Å². The average molecular weight is 462 g/mol. The first kappa shape index (κ1) is 23.9. The van der Waals surface area contributed by atoms with Gasteiger partial charge >= 0.3 is 0 Å². The molecule has 3 rings (SSSR count). The maximum absolute atomic E-state index is 12.9. The third-order valence-electron chi connectivity index (χ3n) is 5.55. The summed E-state index contributed by atoms with van der Waals surface area (Å²) in [5.74, 6) is 0.355. The Morgan fingerprint density at radius 3 is 2.50 bits per heavy atom. The molecule has 0 aliphatic carbocycles. The second-order valence-corrected chi connectivity index (χ2v) is 9.69. The van der Waals surface area contributed by atoms with Gasteiger partial charge in [0.2, 0.25) is 16.0 Å². The molecule has 0 spiro atoms. The maximum Gasteiger partial charge on any atom is 0.252 e. The molecule has 3 aromatic rings. The van der Waals surface area contributed by atoms with Crippen LogP contribution >= 0.6 is 0 Å². The van der Waals surface area contributed by atoms with Gasteiger partial charge in [0.25, 0.3) is 5.56 Å². The number of hydrogen-bond acceptors (Lipinski definition) is 6. The van der Waals surface area contributed by atoms with Crippen LogP contribution in [0.25, 0.3) is 11.0 Å². The Labute approximate surface area is 192 Å². The minimum Gasteiger partial charge on any atom is -0.324 e. The fourth-order valence-corrected chi connectivity index (χ4v) is 5.00. The van der Waals surface area contributed by atoms with E-state index in [0.29, 0.717) is 23.8 Å². The molecule has 9 heteroatoms. The van der Waals surface area contributed by atoms with Crippen LogP contribution in [-0.2, 0) is 10.0 Å². The summed E-state index contributed by atoms with van der Waals surface area (Å²) in [4.78, 5) is 22.2. The molecule has 2 N–H and O–H groups in total. The van der Waals surface area contributed by atoms with Crippen LogP contribution < -0.4 is 15.6 Å². The Balaban J connectivity index is 0.00000289. The van der Waals surface area contributed by atoms with Gasteiger partial charge in [-0.2, -0.15) is 4.98 Å². The lowest BCUT2D eigenvalue weighted by Crippen LogP contribution is -2.26. The van der Waals surface area contributed by atoms with Crippen LogP contribution in [-0.4, -0.2) is 29.5 Å². The van der Waals surface area contributed by atoms with Crippen molar-refractivity contribution < 1.29 is 11.3 Å². The van der Waals surface area contributed by atoms with Crippen LogP contribution in [0, 0.1) is 13.8 Å². The van der Waals surface area contributed by atoms with E-state index >= 15 is 0 Å². The quantitative estimate of drug-likeness (QED) is 0.479. The van der Waals surface area contributed by atoms with E-state index in [1.165, 1.54) is 0 Å². The van der Waals surface area contributed by atoms with Gasteiger partial charge in [-0.3, -0.25) is 9.36 Å². The average Bonchev–Trinajstić information content (AvgIpc) is 2.74. The van der Waals surface area contributed by atoms with Crippen LogP contribution in [0.2, 0.25) is 0 Å². The van der Waals surface area contributed by atoms with Crippen molar-refractivity contribution >= 4 is 32.7 Å². The van der Waals surface area contributed by atoms with Crippen molar-refractivity contribution in [2.45, 2.75) is 64.8 Å². The van der Waals surface area contributed by atoms with Crippen LogP contribution in [0.15, 0.2) is 40.2 Å². The molecule has 2 heterocycles. The van der Waals surface area contributed by atoms with Gasteiger partial charge < -0.3 is 5.32 Å². The Bertz CT molecular complexity index is 1300. The molecule has 0 aliphatic rings. The van der Waals surface area contributed by atoms with Crippen molar-refractivity contribution in [2.24, 2.45) is 0 Å². The minimum atomic E-state index is -3.53. The number of benzene rings is 1. The fourth-order valence-electron chi connectivity index (χ4n) is 3.87. The third-order valence-corrected chi connectivity index (χ3v) is 7.09. The molecule has 1 aromatic carbocycles. The van der Waals surface area contributed by atoms with E-state index in [1.807, 2.05) is 13.8 Å². The van der Waals surface area contributed by atoms with Gasteiger partial charge in [-0.1, -0.05) is 27.2 Å². The smallest absolute Gasteiger partial charge is 0.252 e. The molecular weight excluding hydrogens is 426 g/mol. The number of pyridine rings is 1. The zero-order valence-corrected chi connectivity index (χ0v) is 20.1. The highest BCUT2D eigenvalue weighted by atomic mass is 32.2. The first-order chi connectivity index (χ1) is 15.2. The molecular formula is C23H35N5O3S. The molecule has 176 valence electrons. The number of sulfonamides is 1. The van der Waals surface area contributed by atoms with Gasteiger partial charge in [0.15, 0.2) is 0 Å². The summed E-state index contributed by atoms with van der Waals surface area (Å²) in [5, 5.41) is 4.02. The minimum absolute atomic E-state index is 0. The number of anilines is 2. The van der Waals surface area contributed by atoms with Gasteiger partial charge in [0.1, 0.15) is 5.65 Å². The van der Waals surface area contributed by atoms with E-state index in [4.69, 9.17) is 4.98 Å². The highest BCUT2D eigenvalue weighted by Gasteiger charge is 2.17. The molecule has 0 radical (unpaired) electrons. The maximum atomic E-state index is 12.9. The number of aryl methyl sites for hydroxylation is 2. The number of rotatable bonds is 9. The van der Waals surface area contributed by atoms with Crippen molar-refractivity contribution in [2.75, 3.05) is 11.9 Å².